The Bertz CT molecular complexity index is 82.9. The van der Waals surface area contributed by atoms with Gasteiger partial charge in [0.1, 0.15) is 12.9 Å². The predicted molar refractivity (Wildman–Crippen MR) is 37.7 cm³/mol. The van der Waals surface area contributed by atoms with E-state index < -0.39 is 0 Å². The van der Waals surface area contributed by atoms with Crippen molar-refractivity contribution in [2.45, 2.75) is 26.6 Å². The third kappa shape index (κ3) is 4.47. The lowest BCUT2D eigenvalue weighted by Crippen LogP contribution is -2.17. The predicted octanol–water partition coefficient (Wildman–Crippen LogP) is 0.974. The molecular weight excluding hydrogens is 132 g/mol. The van der Waals surface area contributed by atoms with Crippen LogP contribution >= 0.6 is 0 Å². The monoisotopic (exact) mass is 146 g/mol. The molecule has 0 amide bonds. The van der Waals surface area contributed by atoms with E-state index in [1.807, 2.05) is 13.8 Å². The Balaban J connectivity index is 3.29. The van der Waals surface area contributed by atoms with E-state index in [1.165, 1.54) is 0 Å². The summed E-state index contributed by atoms with van der Waals surface area (Å²) in [5, 5.41) is 0. The quantitative estimate of drug-likeness (QED) is 0.414. The molecule has 0 saturated carbocycles. The smallest absolute Gasteiger partial charge is 0.157 e. The average molecular weight is 146 g/mol. The van der Waals surface area contributed by atoms with Gasteiger partial charge in [-0.2, -0.15) is 0 Å². The molecule has 0 saturated heterocycles. The number of ether oxygens (including phenoxy) is 2. The highest BCUT2D eigenvalue weighted by Crippen LogP contribution is 1.98. The normalized spacial score (nSPS) is 13.0. The summed E-state index contributed by atoms with van der Waals surface area (Å²) in [4.78, 5) is 9.85. The number of carbonyl (C=O) groups is 1. The van der Waals surface area contributed by atoms with Crippen LogP contribution in [0.5, 0.6) is 0 Å². The van der Waals surface area contributed by atoms with Gasteiger partial charge in [-0.3, -0.25) is 0 Å². The Morgan fingerprint density at radius 1 is 1.40 bits per heavy atom. The zero-order valence-electron chi connectivity index (χ0n) is 6.50. The number of carbonyl (C=O) groups excluding carboxylic acids is 1. The summed E-state index contributed by atoms with van der Waals surface area (Å²) in [5.74, 6) is 0. The fraction of sp³-hybridized carbons (Fsp3) is 0.857. The first kappa shape index (κ1) is 9.59. The first-order chi connectivity index (χ1) is 4.85. The van der Waals surface area contributed by atoms with Crippen molar-refractivity contribution >= 4 is 6.29 Å². The highest BCUT2D eigenvalue weighted by atomic mass is 16.7. The lowest BCUT2D eigenvalue weighted by atomic mass is 10.5. The number of rotatable bonds is 6. The standard InChI is InChI=1S/C7H14O3/c1-3-7(9-4-2)10-6-5-8/h5,7H,3-4,6H2,1-2H3. The second kappa shape index (κ2) is 6.71. The van der Waals surface area contributed by atoms with Gasteiger partial charge in [0, 0.05) is 6.61 Å². The minimum absolute atomic E-state index is 0.124. The van der Waals surface area contributed by atoms with Crippen LogP contribution in [0, 0.1) is 0 Å². The molecule has 1 unspecified atom stereocenters. The van der Waals surface area contributed by atoms with E-state index in [9.17, 15) is 4.79 Å². The SMILES string of the molecule is CCOC(CC)OCC=O. The molecule has 0 heterocycles. The summed E-state index contributed by atoms with van der Waals surface area (Å²) in [5.41, 5.74) is 0. The first-order valence-electron chi connectivity index (χ1n) is 3.52. The Hall–Kier alpha value is -0.410. The van der Waals surface area contributed by atoms with Crippen LogP contribution in [-0.4, -0.2) is 25.8 Å². The van der Waals surface area contributed by atoms with Crippen molar-refractivity contribution in [1.82, 2.24) is 0 Å². The van der Waals surface area contributed by atoms with E-state index in [-0.39, 0.29) is 12.9 Å². The van der Waals surface area contributed by atoms with Gasteiger partial charge in [-0.1, -0.05) is 6.92 Å². The number of hydrogen-bond acceptors (Lipinski definition) is 3. The van der Waals surface area contributed by atoms with Crippen molar-refractivity contribution in [2.24, 2.45) is 0 Å². The maximum Gasteiger partial charge on any atom is 0.157 e. The zero-order chi connectivity index (χ0) is 7.82. The Morgan fingerprint density at radius 3 is 2.50 bits per heavy atom. The molecule has 10 heavy (non-hydrogen) atoms. The molecule has 3 nitrogen and oxygen atoms in total. The fourth-order valence-corrected chi connectivity index (χ4v) is 0.616. The minimum Gasteiger partial charge on any atom is -0.353 e. The maximum absolute atomic E-state index is 9.85. The Morgan fingerprint density at radius 2 is 2.10 bits per heavy atom. The van der Waals surface area contributed by atoms with E-state index in [2.05, 4.69) is 0 Å². The zero-order valence-corrected chi connectivity index (χ0v) is 6.50. The van der Waals surface area contributed by atoms with E-state index >= 15 is 0 Å². The van der Waals surface area contributed by atoms with Crippen molar-refractivity contribution in [3.8, 4) is 0 Å². The van der Waals surface area contributed by atoms with Crippen LogP contribution in [0.25, 0.3) is 0 Å². The highest BCUT2D eigenvalue weighted by Gasteiger charge is 2.02. The van der Waals surface area contributed by atoms with Crippen molar-refractivity contribution < 1.29 is 14.3 Å². The van der Waals surface area contributed by atoms with E-state index in [0.717, 1.165) is 12.7 Å². The second-order valence-electron chi connectivity index (χ2n) is 1.79. The molecule has 0 fully saturated rings. The Kier molecular flexibility index (Phi) is 6.43. The Labute approximate surface area is 61.3 Å². The summed E-state index contributed by atoms with van der Waals surface area (Å²) in [6, 6.07) is 0. The molecule has 0 aromatic carbocycles. The van der Waals surface area contributed by atoms with Crippen LogP contribution in [0.4, 0.5) is 0 Å². The summed E-state index contributed by atoms with van der Waals surface area (Å²) in [6.07, 6.45) is 1.29. The van der Waals surface area contributed by atoms with Gasteiger partial charge in [-0.15, -0.1) is 0 Å². The summed E-state index contributed by atoms with van der Waals surface area (Å²) in [7, 11) is 0. The van der Waals surface area contributed by atoms with Gasteiger partial charge in [0.15, 0.2) is 6.29 Å². The van der Waals surface area contributed by atoms with E-state index in [4.69, 9.17) is 9.47 Å². The molecule has 0 bridgehead atoms. The third-order valence-electron chi connectivity index (χ3n) is 1.04. The molecule has 0 aliphatic rings. The van der Waals surface area contributed by atoms with Crippen LogP contribution in [-0.2, 0) is 14.3 Å². The van der Waals surface area contributed by atoms with Gasteiger partial charge in [0.2, 0.25) is 0 Å². The lowest BCUT2D eigenvalue weighted by molar-refractivity contribution is -0.147. The molecule has 3 heteroatoms. The van der Waals surface area contributed by atoms with Crippen LogP contribution in [0.1, 0.15) is 20.3 Å². The van der Waals surface area contributed by atoms with E-state index in [1.54, 1.807) is 0 Å². The first-order valence-corrected chi connectivity index (χ1v) is 3.52. The molecule has 0 aliphatic heterocycles. The van der Waals surface area contributed by atoms with Crippen molar-refractivity contribution in [1.29, 1.82) is 0 Å². The van der Waals surface area contributed by atoms with Crippen molar-refractivity contribution in [3.63, 3.8) is 0 Å². The lowest BCUT2D eigenvalue weighted by Gasteiger charge is -2.13. The molecule has 1 atom stereocenters. The second-order valence-corrected chi connectivity index (χ2v) is 1.79. The molecule has 0 aliphatic carbocycles. The highest BCUT2D eigenvalue weighted by molar-refractivity contribution is 5.50. The maximum atomic E-state index is 9.85. The molecular formula is C7H14O3. The van der Waals surface area contributed by atoms with Gasteiger partial charge < -0.3 is 14.3 Å². The third-order valence-corrected chi connectivity index (χ3v) is 1.04. The van der Waals surface area contributed by atoms with Crippen molar-refractivity contribution in [2.75, 3.05) is 13.2 Å². The van der Waals surface area contributed by atoms with Crippen LogP contribution in [0.2, 0.25) is 0 Å². The molecule has 0 radical (unpaired) electrons. The van der Waals surface area contributed by atoms with Crippen LogP contribution < -0.4 is 0 Å². The largest absolute Gasteiger partial charge is 0.353 e. The fourth-order valence-electron chi connectivity index (χ4n) is 0.616. The molecule has 60 valence electrons. The van der Waals surface area contributed by atoms with Gasteiger partial charge in [-0.25, -0.2) is 0 Å². The number of hydrogen-bond donors (Lipinski definition) is 0. The van der Waals surface area contributed by atoms with Crippen LogP contribution in [0.15, 0.2) is 0 Å². The van der Waals surface area contributed by atoms with Gasteiger partial charge in [-0.05, 0) is 13.3 Å². The van der Waals surface area contributed by atoms with Crippen molar-refractivity contribution in [3.05, 3.63) is 0 Å². The number of aldehydes is 1. The summed E-state index contributed by atoms with van der Waals surface area (Å²) in [6.45, 7) is 4.59. The van der Waals surface area contributed by atoms with Gasteiger partial charge >= 0.3 is 0 Å². The average Bonchev–Trinajstić information content (AvgIpc) is 1.98. The molecule has 0 aromatic rings. The van der Waals surface area contributed by atoms with E-state index in [0.29, 0.717) is 6.61 Å². The summed E-state index contributed by atoms with van der Waals surface area (Å²) >= 11 is 0. The molecule has 0 aromatic heterocycles. The molecule has 0 rings (SSSR count). The van der Waals surface area contributed by atoms with Gasteiger partial charge in [0.05, 0.1) is 0 Å². The van der Waals surface area contributed by atoms with Gasteiger partial charge in [0.25, 0.3) is 0 Å². The topological polar surface area (TPSA) is 35.5 Å². The molecule has 0 spiro atoms. The minimum atomic E-state index is -0.213. The summed E-state index contributed by atoms with van der Waals surface area (Å²) < 4.78 is 10.1. The van der Waals surface area contributed by atoms with Crippen LogP contribution in [0.3, 0.4) is 0 Å². The molecule has 0 N–H and O–H groups in total.